The third-order valence-corrected chi connectivity index (χ3v) is 3.85. The summed E-state index contributed by atoms with van der Waals surface area (Å²) in [7, 11) is -3.84. The van der Waals surface area contributed by atoms with Crippen LogP contribution in [-0.4, -0.2) is 18.4 Å². The number of aromatic nitrogens is 2. The molecule has 0 amide bonds. The van der Waals surface area contributed by atoms with Crippen molar-refractivity contribution in [2.75, 3.05) is 10.5 Å². The fourth-order valence-electron chi connectivity index (χ4n) is 1.48. The summed E-state index contributed by atoms with van der Waals surface area (Å²) < 4.78 is 26.5. The highest BCUT2D eigenvalue weighted by atomic mass is 35.5. The van der Waals surface area contributed by atoms with Gasteiger partial charge < -0.3 is 5.73 Å². The third-order valence-electron chi connectivity index (χ3n) is 2.26. The second kappa shape index (κ2) is 5.02. The Labute approximate surface area is 115 Å². The molecule has 3 N–H and O–H groups in total. The largest absolute Gasteiger partial charge is 0.398 e. The van der Waals surface area contributed by atoms with Gasteiger partial charge in [0.1, 0.15) is 10.0 Å². The number of nitrogens with two attached hydrogens (primary N) is 1. The molecule has 0 saturated heterocycles. The van der Waals surface area contributed by atoms with E-state index >= 15 is 0 Å². The van der Waals surface area contributed by atoms with Crippen LogP contribution in [0.25, 0.3) is 0 Å². The molecule has 100 valence electrons. The molecular formula is C11H11ClN4O2S. The summed E-state index contributed by atoms with van der Waals surface area (Å²) in [5.41, 5.74) is 6.34. The lowest BCUT2D eigenvalue weighted by Gasteiger charge is -2.09. The molecule has 0 unspecified atom stereocenters. The summed E-state index contributed by atoms with van der Waals surface area (Å²) in [5, 5.41) is 0.159. The summed E-state index contributed by atoms with van der Waals surface area (Å²) in [6, 6.07) is 7.65. The van der Waals surface area contributed by atoms with E-state index in [2.05, 4.69) is 14.7 Å². The van der Waals surface area contributed by atoms with Crippen molar-refractivity contribution in [3.05, 3.63) is 41.2 Å². The molecule has 19 heavy (non-hydrogen) atoms. The molecule has 0 aliphatic heterocycles. The van der Waals surface area contributed by atoms with Crippen molar-refractivity contribution in [3.63, 3.8) is 0 Å². The number of sulfonamides is 1. The Hall–Kier alpha value is -1.86. The molecule has 2 aromatic rings. The smallest absolute Gasteiger partial charge is 0.266 e. The predicted octanol–water partition coefficient (Wildman–Crippen LogP) is 1.82. The minimum atomic E-state index is -3.84. The van der Waals surface area contributed by atoms with Crippen molar-refractivity contribution in [3.8, 4) is 0 Å². The quantitative estimate of drug-likeness (QED) is 0.665. The maximum Gasteiger partial charge on any atom is 0.266 e. The van der Waals surface area contributed by atoms with E-state index in [1.807, 2.05) is 0 Å². The molecule has 0 radical (unpaired) electrons. The lowest BCUT2D eigenvalue weighted by Crippen LogP contribution is -2.16. The first-order chi connectivity index (χ1) is 8.88. The van der Waals surface area contributed by atoms with Gasteiger partial charge in [-0.15, -0.1) is 0 Å². The van der Waals surface area contributed by atoms with Gasteiger partial charge in [0, 0.05) is 5.69 Å². The highest BCUT2D eigenvalue weighted by Crippen LogP contribution is 2.20. The lowest BCUT2D eigenvalue weighted by molar-refractivity contribution is 0.601. The first-order valence-corrected chi connectivity index (χ1v) is 7.13. The molecule has 2 rings (SSSR count). The van der Waals surface area contributed by atoms with E-state index in [4.69, 9.17) is 17.3 Å². The van der Waals surface area contributed by atoms with Gasteiger partial charge in [-0.2, -0.15) is 0 Å². The summed E-state index contributed by atoms with van der Waals surface area (Å²) >= 11 is 5.75. The second-order valence-corrected chi connectivity index (χ2v) is 5.84. The van der Waals surface area contributed by atoms with E-state index in [0.717, 1.165) is 0 Å². The molecule has 0 bridgehead atoms. The van der Waals surface area contributed by atoms with Crippen molar-refractivity contribution >= 4 is 33.3 Å². The van der Waals surface area contributed by atoms with E-state index < -0.39 is 10.0 Å². The number of aryl methyl sites for hydroxylation is 1. The van der Waals surface area contributed by atoms with Crippen LogP contribution in [0, 0.1) is 6.92 Å². The number of halogens is 1. The monoisotopic (exact) mass is 298 g/mol. The van der Waals surface area contributed by atoms with Gasteiger partial charge in [0.15, 0.2) is 0 Å². The highest BCUT2D eigenvalue weighted by Gasteiger charge is 2.18. The topological polar surface area (TPSA) is 98.0 Å². The molecule has 1 aromatic heterocycles. The number of anilines is 2. The maximum atomic E-state index is 12.1. The first-order valence-electron chi connectivity index (χ1n) is 5.27. The van der Waals surface area contributed by atoms with Crippen molar-refractivity contribution < 1.29 is 8.42 Å². The zero-order valence-corrected chi connectivity index (χ0v) is 11.5. The second-order valence-electron chi connectivity index (χ2n) is 3.80. The van der Waals surface area contributed by atoms with Gasteiger partial charge in [0.2, 0.25) is 5.95 Å². The van der Waals surface area contributed by atoms with Gasteiger partial charge in [-0.25, -0.2) is 23.1 Å². The number of benzene rings is 1. The Morgan fingerprint density at radius 2 is 1.95 bits per heavy atom. The fraction of sp³-hybridized carbons (Fsp3) is 0.0909. The number of hydrogen-bond donors (Lipinski definition) is 2. The number of hydrogen-bond acceptors (Lipinski definition) is 5. The van der Waals surface area contributed by atoms with E-state index in [-0.39, 0.29) is 21.7 Å². The minimum Gasteiger partial charge on any atom is -0.398 e. The average molecular weight is 299 g/mol. The molecular weight excluding hydrogens is 288 g/mol. The summed E-state index contributed by atoms with van der Waals surface area (Å²) in [5.74, 6) is -0.0896. The highest BCUT2D eigenvalue weighted by molar-refractivity contribution is 7.92. The van der Waals surface area contributed by atoms with Crippen LogP contribution in [0.1, 0.15) is 5.69 Å². The predicted molar refractivity (Wildman–Crippen MR) is 73.4 cm³/mol. The Bertz CT molecular complexity index is 698. The molecule has 0 saturated carbocycles. The van der Waals surface area contributed by atoms with Crippen molar-refractivity contribution in [1.29, 1.82) is 0 Å². The molecule has 8 heteroatoms. The molecule has 0 aliphatic rings. The van der Waals surface area contributed by atoms with Crippen LogP contribution in [0.5, 0.6) is 0 Å². The zero-order valence-electron chi connectivity index (χ0n) is 9.96. The van der Waals surface area contributed by atoms with Crippen molar-refractivity contribution in [1.82, 2.24) is 9.97 Å². The average Bonchev–Trinajstić information content (AvgIpc) is 2.26. The number of para-hydroxylation sites is 1. The zero-order chi connectivity index (χ0) is 14.0. The van der Waals surface area contributed by atoms with E-state index in [9.17, 15) is 8.42 Å². The molecule has 0 spiro atoms. The fourth-order valence-corrected chi connectivity index (χ4v) is 2.79. The Kier molecular flexibility index (Phi) is 3.59. The third kappa shape index (κ3) is 3.12. The van der Waals surface area contributed by atoms with E-state index in [1.54, 1.807) is 19.1 Å². The lowest BCUT2D eigenvalue weighted by atomic mass is 10.3. The standard InChI is InChI=1S/C11H11ClN4O2S/c1-7-6-10(12)15-11(14-7)16-19(17,18)9-5-3-2-4-8(9)13/h2-6H,13H2,1H3,(H,14,15,16). The molecule has 6 nitrogen and oxygen atoms in total. The SMILES string of the molecule is Cc1cc(Cl)nc(NS(=O)(=O)c2ccccc2N)n1. The maximum absolute atomic E-state index is 12.1. The molecule has 0 atom stereocenters. The Morgan fingerprint density at radius 3 is 2.58 bits per heavy atom. The normalized spacial score (nSPS) is 11.3. The van der Waals surface area contributed by atoms with Gasteiger partial charge in [-0.05, 0) is 25.1 Å². The Balaban J connectivity index is 2.39. The Morgan fingerprint density at radius 1 is 1.26 bits per heavy atom. The number of nitrogens with one attached hydrogen (secondary N) is 1. The number of nitrogens with zero attached hydrogens (tertiary/aromatic N) is 2. The van der Waals surface area contributed by atoms with Crippen molar-refractivity contribution in [2.45, 2.75) is 11.8 Å². The van der Waals surface area contributed by atoms with Gasteiger partial charge in [0.25, 0.3) is 10.0 Å². The summed E-state index contributed by atoms with van der Waals surface area (Å²) in [6.45, 7) is 1.68. The summed E-state index contributed by atoms with van der Waals surface area (Å²) in [4.78, 5) is 7.71. The van der Waals surface area contributed by atoms with Crippen LogP contribution < -0.4 is 10.5 Å². The van der Waals surface area contributed by atoms with Crippen LogP contribution >= 0.6 is 11.6 Å². The molecule has 1 heterocycles. The van der Waals surface area contributed by atoms with Gasteiger partial charge in [0.05, 0.1) is 5.69 Å². The van der Waals surface area contributed by atoms with Crippen LogP contribution in [0.15, 0.2) is 35.2 Å². The van der Waals surface area contributed by atoms with Crippen LogP contribution in [0.4, 0.5) is 11.6 Å². The summed E-state index contributed by atoms with van der Waals surface area (Å²) in [6.07, 6.45) is 0. The van der Waals surface area contributed by atoms with Gasteiger partial charge in [-0.1, -0.05) is 23.7 Å². The van der Waals surface area contributed by atoms with Crippen LogP contribution in [-0.2, 0) is 10.0 Å². The minimum absolute atomic E-state index is 0.0313. The molecule has 0 aliphatic carbocycles. The van der Waals surface area contributed by atoms with Crippen LogP contribution in [0.3, 0.4) is 0 Å². The number of nitrogen functional groups attached to an aromatic ring is 1. The van der Waals surface area contributed by atoms with Gasteiger partial charge >= 0.3 is 0 Å². The molecule has 0 fully saturated rings. The van der Waals surface area contributed by atoms with Gasteiger partial charge in [-0.3, -0.25) is 0 Å². The van der Waals surface area contributed by atoms with E-state index in [1.165, 1.54) is 18.2 Å². The van der Waals surface area contributed by atoms with Crippen molar-refractivity contribution in [2.24, 2.45) is 0 Å². The molecule has 1 aromatic carbocycles. The van der Waals surface area contributed by atoms with E-state index in [0.29, 0.717) is 5.69 Å². The first kappa shape index (κ1) is 13.6. The number of rotatable bonds is 3. The van der Waals surface area contributed by atoms with Crippen LogP contribution in [0.2, 0.25) is 5.15 Å².